The number of rotatable bonds is 3. The molecule has 1 unspecified atom stereocenters. The van der Waals surface area contributed by atoms with Gasteiger partial charge in [0.25, 0.3) is 5.91 Å². The number of hydrogen-bond acceptors (Lipinski definition) is 5. The minimum absolute atomic E-state index is 0.0125. The highest BCUT2D eigenvalue weighted by molar-refractivity contribution is 7.91. The molecule has 1 aromatic heterocycles. The van der Waals surface area contributed by atoms with E-state index < -0.39 is 15.7 Å². The molecule has 3 rings (SSSR count). The number of carbonyl (C=O) groups is 1. The van der Waals surface area contributed by atoms with E-state index in [0.717, 1.165) is 11.1 Å². The number of carbonyl (C=O) groups excluding carboxylic acids is 1. The van der Waals surface area contributed by atoms with Gasteiger partial charge < -0.3 is 9.84 Å². The average Bonchev–Trinajstić information content (AvgIpc) is 3.06. The van der Waals surface area contributed by atoms with Gasteiger partial charge in [-0.15, -0.1) is 0 Å². The van der Waals surface area contributed by atoms with Crippen molar-refractivity contribution in [3.63, 3.8) is 0 Å². The summed E-state index contributed by atoms with van der Waals surface area (Å²) in [6.07, 6.45) is 0.441. The Kier molecular flexibility index (Phi) is 3.74. The summed E-state index contributed by atoms with van der Waals surface area (Å²) in [5, 5.41) is 6.44. The van der Waals surface area contributed by atoms with Crippen LogP contribution in [0.5, 0.6) is 0 Å². The van der Waals surface area contributed by atoms with Crippen LogP contribution in [0.25, 0.3) is 11.3 Å². The van der Waals surface area contributed by atoms with Gasteiger partial charge in [-0.3, -0.25) is 4.79 Å². The van der Waals surface area contributed by atoms with Crippen LogP contribution in [0.1, 0.15) is 22.5 Å². The van der Waals surface area contributed by atoms with E-state index in [1.165, 1.54) is 0 Å². The molecule has 6 nitrogen and oxygen atoms in total. The second-order valence-corrected chi connectivity index (χ2v) is 7.74. The molecule has 0 radical (unpaired) electrons. The summed E-state index contributed by atoms with van der Waals surface area (Å²) in [5.74, 6) is 0.195. The summed E-state index contributed by atoms with van der Waals surface area (Å²) in [6, 6.07) is 8.88. The highest BCUT2D eigenvalue weighted by atomic mass is 32.2. The normalized spacial score (nSPS) is 20.0. The van der Waals surface area contributed by atoms with Gasteiger partial charge in [0, 0.05) is 17.7 Å². The Morgan fingerprint density at radius 2 is 2.05 bits per heavy atom. The first-order valence-corrected chi connectivity index (χ1v) is 8.80. The summed E-state index contributed by atoms with van der Waals surface area (Å²) in [6.45, 7) is 1.98. The summed E-state index contributed by atoms with van der Waals surface area (Å²) in [5.41, 5.74) is 2.11. The summed E-state index contributed by atoms with van der Waals surface area (Å²) in [4.78, 5) is 12.1. The van der Waals surface area contributed by atoms with Crippen LogP contribution in [0.15, 0.2) is 34.9 Å². The molecule has 116 valence electrons. The van der Waals surface area contributed by atoms with E-state index in [9.17, 15) is 13.2 Å². The van der Waals surface area contributed by atoms with Crippen LogP contribution < -0.4 is 5.32 Å². The molecule has 1 N–H and O–H groups in total. The molecule has 7 heteroatoms. The molecule has 2 heterocycles. The second kappa shape index (κ2) is 5.57. The molecule has 2 aromatic rings. The third kappa shape index (κ3) is 3.19. The third-order valence-corrected chi connectivity index (χ3v) is 5.41. The highest BCUT2D eigenvalue weighted by Crippen LogP contribution is 2.21. The van der Waals surface area contributed by atoms with Gasteiger partial charge in [0.05, 0.1) is 11.5 Å². The van der Waals surface area contributed by atoms with E-state index in [1.54, 1.807) is 6.07 Å². The second-order valence-electron chi connectivity index (χ2n) is 5.52. The minimum Gasteiger partial charge on any atom is -0.355 e. The first kappa shape index (κ1) is 14.8. The molecule has 0 aliphatic carbocycles. The predicted octanol–water partition coefficient (Wildman–Crippen LogP) is 1.57. The molecular weight excluding hydrogens is 304 g/mol. The number of amides is 1. The number of sulfone groups is 1. The Balaban J connectivity index is 1.71. The third-order valence-electron chi connectivity index (χ3n) is 3.65. The van der Waals surface area contributed by atoms with Crippen molar-refractivity contribution >= 4 is 15.7 Å². The Hall–Kier alpha value is -2.15. The molecule has 1 amide bonds. The number of hydrogen-bond donors (Lipinski definition) is 1. The van der Waals surface area contributed by atoms with Crippen molar-refractivity contribution in [1.29, 1.82) is 0 Å². The van der Waals surface area contributed by atoms with Crippen LogP contribution in [-0.2, 0) is 9.84 Å². The van der Waals surface area contributed by atoms with E-state index in [-0.39, 0.29) is 23.2 Å². The van der Waals surface area contributed by atoms with Crippen molar-refractivity contribution in [2.45, 2.75) is 19.4 Å². The maximum absolute atomic E-state index is 12.1. The molecule has 1 saturated heterocycles. The highest BCUT2D eigenvalue weighted by Gasteiger charge is 2.29. The first-order valence-electron chi connectivity index (χ1n) is 6.98. The van der Waals surface area contributed by atoms with Crippen molar-refractivity contribution < 1.29 is 17.7 Å². The van der Waals surface area contributed by atoms with Crippen LogP contribution in [0.2, 0.25) is 0 Å². The number of benzene rings is 1. The molecule has 0 saturated carbocycles. The van der Waals surface area contributed by atoms with Gasteiger partial charge in [-0.1, -0.05) is 35.0 Å². The molecule has 0 bridgehead atoms. The number of nitrogens with one attached hydrogen (secondary N) is 1. The quantitative estimate of drug-likeness (QED) is 0.927. The van der Waals surface area contributed by atoms with Crippen molar-refractivity contribution in [1.82, 2.24) is 10.5 Å². The molecule has 1 fully saturated rings. The molecule has 1 atom stereocenters. The van der Waals surface area contributed by atoms with Gasteiger partial charge in [0.2, 0.25) is 0 Å². The zero-order valence-corrected chi connectivity index (χ0v) is 12.9. The summed E-state index contributed by atoms with van der Waals surface area (Å²) >= 11 is 0. The molecule has 22 heavy (non-hydrogen) atoms. The molecule has 1 aliphatic heterocycles. The Morgan fingerprint density at radius 3 is 2.68 bits per heavy atom. The van der Waals surface area contributed by atoms with E-state index in [1.807, 2.05) is 31.2 Å². The maximum Gasteiger partial charge on any atom is 0.273 e. The number of aryl methyl sites for hydroxylation is 1. The van der Waals surface area contributed by atoms with Gasteiger partial charge in [0.15, 0.2) is 21.3 Å². The number of nitrogens with zero attached hydrogens (tertiary/aromatic N) is 1. The first-order chi connectivity index (χ1) is 10.4. The Labute approximate surface area is 128 Å². The lowest BCUT2D eigenvalue weighted by Gasteiger charge is -2.08. The van der Waals surface area contributed by atoms with Crippen molar-refractivity contribution in [2.24, 2.45) is 0 Å². The zero-order valence-electron chi connectivity index (χ0n) is 12.1. The van der Waals surface area contributed by atoms with Crippen LogP contribution in [-0.4, -0.2) is 37.0 Å². The molecule has 1 aromatic carbocycles. The SMILES string of the molecule is Cc1ccc(-c2cc(C(=O)NC3CCS(=O)(=O)C3)no2)cc1. The van der Waals surface area contributed by atoms with E-state index in [0.29, 0.717) is 12.2 Å². The van der Waals surface area contributed by atoms with Gasteiger partial charge in [-0.2, -0.15) is 0 Å². The minimum atomic E-state index is -3.02. The van der Waals surface area contributed by atoms with Crippen molar-refractivity contribution in [3.8, 4) is 11.3 Å². The monoisotopic (exact) mass is 320 g/mol. The fraction of sp³-hybridized carbons (Fsp3) is 0.333. The van der Waals surface area contributed by atoms with Gasteiger partial charge >= 0.3 is 0 Å². The molecule has 1 aliphatic rings. The molecular formula is C15H16N2O4S. The van der Waals surface area contributed by atoms with Crippen molar-refractivity contribution in [3.05, 3.63) is 41.6 Å². The summed E-state index contributed by atoms with van der Waals surface area (Å²) in [7, 11) is -3.02. The number of aromatic nitrogens is 1. The molecule has 0 spiro atoms. The van der Waals surface area contributed by atoms with Gasteiger partial charge in [-0.25, -0.2) is 8.42 Å². The Morgan fingerprint density at radius 1 is 1.32 bits per heavy atom. The topological polar surface area (TPSA) is 89.3 Å². The van der Waals surface area contributed by atoms with E-state index in [4.69, 9.17) is 4.52 Å². The van der Waals surface area contributed by atoms with E-state index in [2.05, 4.69) is 10.5 Å². The predicted molar refractivity (Wildman–Crippen MR) is 81.2 cm³/mol. The fourth-order valence-corrected chi connectivity index (χ4v) is 4.08. The maximum atomic E-state index is 12.1. The lowest BCUT2D eigenvalue weighted by Crippen LogP contribution is -2.35. The summed E-state index contributed by atoms with van der Waals surface area (Å²) < 4.78 is 28.0. The largest absolute Gasteiger partial charge is 0.355 e. The smallest absolute Gasteiger partial charge is 0.273 e. The van der Waals surface area contributed by atoms with E-state index >= 15 is 0 Å². The Bertz CT molecular complexity index is 793. The van der Waals surface area contributed by atoms with Gasteiger partial charge in [-0.05, 0) is 13.3 Å². The fourth-order valence-electron chi connectivity index (χ4n) is 2.40. The van der Waals surface area contributed by atoms with Crippen LogP contribution in [0.4, 0.5) is 0 Å². The zero-order chi connectivity index (χ0) is 15.7. The van der Waals surface area contributed by atoms with Crippen LogP contribution in [0.3, 0.4) is 0 Å². The standard InChI is InChI=1S/C15H16N2O4S/c1-10-2-4-11(5-3-10)14-8-13(17-21-14)15(18)16-12-6-7-22(19,20)9-12/h2-5,8,12H,6-7,9H2,1H3,(H,16,18). The van der Waals surface area contributed by atoms with Crippen LogP contribution in [0, 0.1) is 6.92 Å². The van der Waals surface area contributed by atoms with Gasteiger partial charge in [0.1, 0.15) is 0 Å². The lowest BCUT2D eigenvalue weighted by atomic mass is 10.1. The van der Waals surface area contributed by atoms with Crippen molar-refractivity contribution in [2.75, 3.05) is 11.5 Å². The average molecular weight is 320 g/mol. The lowest BCUT2D eigenvalue weighted by molar-refractivity contribution is 0.0932. The van der Waals surface area contributed by atoms with Crippen LogP contribution >= 0.6 is 0 Å².